The molecule has 10 rings (SSSR count). The lowest BCUT2D eigenvalue weighted by molar-refractivity contribution is 0.130. The summed E-state index contributed by atoms with van der Waals surface area (Å²) in [5.41, 5.74) is 11.2. The minimum absolute atomic E-state index is 0.342. The standard InChI is InChI=1S/C49H40N4O2/c1-47(2)29-50-45(54-47)42-23-13-21-40(52-42)31-25-26-36-38(27-31)49(32-15-7-5-8-16-32,33-17-9-6-10-18-33)39-28-37(34-19-11-12-20-35(34)44(36)39)41-22-14-24-43(53-41)46-51-30-48(3,4)55-46/h5-28H,29-30H2,1-4H3. The van der Waals surface area contributed by atoms with Gasteiger partial charge in [-0.15, -0.1) is 0 Å². The summed E-state index contributed by atoms with van der Waals surface area (Å²) in [5.74, 6) is 1.18. The predicted molar refractivity (Wildman–Crippen MR) is 221 cm³/mol. The van der Waals surface area contributed by atoms with E-state index in [-0.39, 0.29) is 11.2 Å². The maximum atomic E-state index is 6.24. The zero-order valence-electron chi connectivity index (χ0n) is 31.4. The molecule has 0 radical (unpaired) electrons. The van der Waals surface area contributed by atoms with Crippen LogP contribution in [0.25, 0.3) is 44.4 Å². The number of fused-ring (bicyclic) bond motifs is 5. The molecule has 0 atom stereocenters. The first-order valence-corrected chi connectivity index (χ1v) is 18.9. The molecule has 0 bridgehead atoms. The molecule has 0 N–H and O–H groups in total. The molecule has 0 saturated heterocycles. The molecule has 2 aliphatic heterocycles. The number of hydrogen-bond acceptors (Lipinski definition) is 6. The molecule has 55 heavy (non-hydrogen) atoms. The van der Waals surface area contributed by atoms with Crippen molar-refractivity contribution in [1.29, 1.82) is 0 Å². The molecule has 0 saturated carbocycles. The van der Waals surface area contributed by atoms with Crippen LogP contribution in [0.3, 0.4) is 0 Å². The quantitative estimate of drug-likeness (QED) is 0.172. The van der Waals surface area contributed by atoms with Crippen molar-refractivity contribution in [2.75, 3.05) is 13.1 Å². The highest BCUT2D eigenvalue weighted by atomic mass is 16.5. The monoisotopic (exact) mass is 716 g/mol. The van der Waals surface area contributed by atoms with Crippen LogP contribution in [0, 0.1) is 0 Å². The zero-order chi connectivity index (χ0) is 37.4. The van der Waals surface area contributed by atoms with Gasteiger partial charge in [0, 0.05) is 11.1 Å². The Labute approximate surface area is 321 Å². The van der Waals surface area contributed by atoms with E-state index >= 15 is 0 Å². The molecule has 268 valence electrons. The van der Waals surface area contributed by atoms with E-state index < -0.39 is 5.41 Å². The van der Waals surface area contributed by atoms with Crippen molar-refractivity contribution >= 4 is 22.6 Å². The maximum Gasteiger partial charge on any atom is 0.236 e. The Hall–Kier alpha value is -6.40. The van der Waals surface area contributed by atoms with Gasteiger partial charge < -0.3 is 9.47 Å². The van der Waals surface area contributed by atoms with Gasteiger partial charge in [0.1, 0.15) is 22.6 Å². The minimum Gasteiger partial charge on any atom is -0.468 e. The van der Waals surface area contributed by atoms with Gasteiger partial charge in [-0.05, 0) is 108 Å². The number of aliphatic imine (C=N–C) groups is 2. The highest BCUT2D eigenvalue weighted by Gasteiger charge is 2.47. The second-order valence-electron chi connectivity index (χ2n) is 15.9. The van der Waals surface area contributed by atoms with Crippen LogP contribution in [0.1, 0.15) is 61.3 Å². The van der Waals surface area contributed by atoms with Crippen molar-refractivity contribution in [2.24, 2.45) is 9.98 Å². The second-order valence-corrected chi connectivity index (χ2v) is 15.9. The lowest BCUT2D eigenvalue weighted by Crippen LogP contribution is -2.28. The molecule has 4 heterocycles. The van der Waals surface area contributed by atoms with E-state index in [0.29, 0.717) is 24.9 Å². The Kier molecular flexibility index (Phi) is 7.43. The molecule has 5 aromatic carbocycles. The fraction of sp³-hybridized carbons (Fsp3) is 0.184. The number of ether oxygens (including phenoxy) is 2. The lowest BCUT2D eigenvalue weighted by atomic mass is 9.67. The summed E-state index contributed by atoms with van der Waals surface area (Å²) in [4.78, 5) is 19.8. The summed E-state index contributed by atoms with van der Waals surface area (Å²) in [5, 5.41) is 2.32. The van der Waals surface area contributed by atoms with Gasteiger partial charge in [0.2, 0.25) is 11.8 Å². The Balaban J connectivity index is 1.24. The topological polar surface area (TPSA) is 69.0 Å². The van der Waals surface area contributed by atoms with Gasteiger partial charge in [-0.2, -0.15) is 0 Å². The van der Waals surface area contributed by atoms with Crippen LogP contribution in [-0.2, 0) is 14.9 Å². The Morgan fingerprint density at radius 1 is 0.455 bits per heavy atom. The minimum atomic E-state index is -0.650. The van der Waals surface area contributed by atoms with Crippen molar-refractivity contribution in [1.82, 2.24) is 9.97 Å². The zero-order valence-corrected chi connectivity index (χ0v) is 31.4. The van der Waals surface area contributed by atoms with E-state index in [1.165, 1.54) is 38.8 Å². The summed E-state index contributed by atoms with van der Waals surface area (Å²) >= 11 is 0. The highest BCUT2D eigenvalue weighted by Crippen LogP contribution is 2.59. The van der Waals surface area contributed by atoms with Crippen molar-refractivity contribution in [3.05, 3.63) is 179 Å². The fourth-order valence-electron chi connectivity index (χ4n) is 8.58. The van der Waals surface area contributed by atoms with Crippen LogP contribution in [0.5, 0.6) is 0 Å². The SMILES string of the molecule is CC1(C)CN=C(c2cccc(-c3ccc4c(c3)C(c3ccccc3)(c3ccccc3)c3cc(-c5cccc(C6=NCC(C)(C)O6)n5)c5ccccc5c3-4)n2)O1. The average molecular weight is 717 g/mol. The maximum absolute atomic E-state index is 6.24. The third-order valence-corrected chi connectivity index (χ3v) is 11.0. The van der Waals surface area contributed by atoms with Crippen LogP contribution in [-0.4, -0.2) is 46.1 Å². The molecule has 0 amide bonds. The molecule has 6 nitrogen and oxygen atoms in total. The Morgan fingerprint density at radius 2 is 0.982 bits per heavy atom. The van der Waals surface area contributed by atoms with E-state index in [9.17, 15) is 0 Å². The average Bonchev–Trinajstić information content (AvgIpc) is 3.88. The summed E-state index contributed by atoms with van der Waals surface area (Å²) in [6.07, 6.45) is 0. The van der Waals surface area contributed by atoms with E-state index in [2.05, 4.69) is 155 Å². The van der Waals surface area contributed by atoms with Crippen LogP contribution in [0.2, 0.25) is 0 Å². The van der Waals surface area contributed by atoms with E-state index in [1.54, 1.807) is 0 Å². The normalized spacial score (nSPS) is 17.2. The molecule has 3 aliphatic rings. The number of benzene rings is 5. The molecule has 0 spiro atoms. The van der Waals surface area contributed by atoms with Gasteiger partial charge in [-0.1, -0.05) is 109 Å². The number of rotatable bonds is 6. The van der Waals surface area contributed by atoms with Crippen molar-refractivity contribution < 1.29 is 9.47 Å². The molecule has 0 fully saturated rings. The smallest absolute Gasteiger partial charge is 0.236 e. The summed E-state index contributed by atoms with van der Waals surface area (Å²) < 4.78 is 12.4. The molecule has 7 aromatic rings. The molecular formula is C49H40N4O2. The largest absolute Gasteiger partial charge is 0.468 e. The number of pyridine rings is 2. The van der Waals surface area contributed by atoms with Gasteiger partial charge >= 0.3 is 0 Å². The van der Waals surface area contributed by atoms with Gasteiger partial charge in [0.25, 0.3) is 0 Å². The Bertz CT molecular complexity index is 2680. The van der Waals surface area contributed by atoms with Crippen LogP contribution in [0.4, 0.5) is 0 Å². The first kappa shape index (κ1) is 33.2. The fourth-order valence-corrected chi connectivity index (χ4v) is 8.58. The first-order valence-electron chi connectivity index (χ1n) is 18.9. The van der Waals surface area contributed by atoms with Crippen LogP contribution in [0.15, 0.2) is 156 Å². The summed E-state index contributed by atoms with van der Waals surface area (Å²) in [7, 11) is 0. The number of aromatic nitrogens is 2. The molecule has 1 aliphatic carbocycles. The summed E-state index contributed by atoms with van der Waals surface area (Å²) in [6, 6.07) is 52.1. The van der Waals surface area contributed by atoms with Gasteiger partial charge in [-0.25, -0.2) is 20.0 Å². The van der Waals surface area contributed by atoms with Gasteiger partial charge in [-0.3, -0.25) is 0 Å². The molecular weight excluding hydrogens is 677 g/mol. The van der Waals surface area contributed by atoms with Crippen LogP contribution >= 0.6 is 0 Å². The Morgan fingerprint density at radius 3 is 1.56 bits per heavy atom. The summed E-state index contributed by atoms with van der Waals surface area (Å²) in [6.45, 7) is 9.44. The van der Waals surface area contributed by atoms with E-state index in [4.69, 9.17) is 29.4 Å². The van der Waals surface area contributed by atoms with E-state index in [0.717, 1.165) is 39.3 Å². The highest BCUT2D eigenvalue weighted by molar-refractivity contribution is 6.10. The molecule has 6 heteroatoms. The third kappa shape index (κ3) is 5.38. The van der Waals surface area contributed by atoms with Gasteiger partial charge in [0.15, 0.2) is 0 Å². The first-order chi connectivity index (χ1) is 26.7. The van der Waals surface area contributed by atoms with Crippen LogP contribution < -0.4 is 0 Å². The van der Waals surface area contributed by atoms with Crippen molar-refractivity contribution in [3.63, 3.8) is 0 Å². The predicted octanol–water partition coefficient (Wildman–Crippen LogP) is 10.4. The van der Waals surface area contributed by atoms with Gasteiger partial charge in [0.05, 0.1) is 29.9 Å². The number of nitrogens with zero attached hydrogens (tertiary/aromatic N) is 4. The second kappa shape index (κ2) is 12.3. The number of hydrogen-bond donors (Lipinski definition) is 0. The third-order valence-electron chi connectivity index (χ3n) is 11.0. The molecule has 2 aromatic heterocycles. The lowest BCUT2D eigenvalue weighted by Gasteiger charge is -2.34. The van der Waals surface area contributed by atoms with E-state index in [1.807, 2.05) is 18.2 Å². The van der Waals surface area contributed by atoms with Crippen molar-refractivity contribution in [2.45, 2.75) is 44.3 Å². The van der Waals surface area contributed by atoms with Crippen molar-refractivity contribution in [3.8, 4) is 33.6 Å². The molecule has 0 unspecified atom stereocenters.